The van der Waals surface area contributed by atoms with Crippen LogP contribution in [0.5, 0.6) is 0 Å². The molecule has 0 aliphatic rings. The Morgan fingerprint density at radius 2 is 2.17 bits per heavy atom. The van der Waals surface area contributed by atoms with Crippen molar-refractivity contribution in [1.29, 1.82) is 0 Å². The highest BCUT2D eigenvalue weighted by Crippen LogP contribution is 2.21. The number of carbonyl (C=O) groups excluding carboxylic acids is 1. The number of hydrogen-bond acceptors (Lipinski definition) is 3. The van der Waals surface area contributed by atoms with Crippen molar-refractivity contribution in [2.45, 2.75) is 0 Å². The third kappa shape index (κ3) is 1.62. The van der Waals surface area contributed by atoms with Crippen LogP contribution < -0.4 is 0 Å². The molecule has 1 rings (SSSR count). The van der Waals surface area contributed by atoms with E-state index in [2.05, 4.69) is 18.1 Å². The number of nitrogens with zero attached hydrogens (tertiary/aromatic N) is 1. The molecule has 2 nitrogen and oxygen atoms in total. The van der Waals surface area contributed by atoms with E-state index < -0.39 is 5.24 Å². The van der Waals surface area contributed by atoms with Gasteiger partial charge in [-0.2, -0.15) is 0 Å². The minimum absolute atomic E-state index is 0.279. The van der Waals surface area contributed by atoms with Crippen molar-refractivity contribution < 1.29 is 4.79 Å². The molecule has 0 unspecified atom stereocenters. The maximum absolute atomic E-state index is 10.7. The highest BCUT2D eigenvalue weighted by atomic mass is 35.5. The number of carbonyl (C=O) groups is 1. The lowest BCUT2D eigenvalue weighted by Crippen LogP contribution is -1.85. The number of rotatable bonds is 3. The highest BCUT2D eigenvalue weighted by Gasteiger charge is 2.10. The summed E-state index contributed by atoms with van der Waals surface area (Å²) in [6, 6.07) is 0. The molecule has 0 fully saturated rings. The van der Waals surface area contributed by atoms with E-state index in [0.29, 0.717) is 5.69 Å². The molecule has 0 aliphatic carbocycles. The molecular weight excluding hydrogens is 194 g/mol. The van der Waals surface area contributed by atoms with Crippen molar-refractivity contribution in [2.24, 2.45) is 0 Å². The Morgan fingerprint density at radius 3 is 2.50 bits per heavy atom. The average molecular weight is 200 g/mol. The molecule has 0 saturated heterocycles. The second kappa shape index (κ2) is 3.65. The van der Waals surface area contributed by atoms with Gasteiger partial charge in [0.25, 0.3) is 5.24 Å². The van der Waals surface area contributed by atoms with E-state index in [1.54, 1.807) is 12.2 Å². The van der Waals surface area contributed by atoms with Crippen molar-refractivity contribution in [2.75, 3.05) is 0 Å². The predicted molar refractivity (Wildman–Crippen MR) is 52.5 cm³/mol. The van der Waals surface area contributed by atoms with E-state index in [-0.39, 0.29) is 5.01 Å². The van der Waals surface area contributed by atoms with Crippen molar-refractivity contribution in [3.05, 3.63) is 28.7 Å². The van der Waals surface area contributed by atoms with Crippen LogP contribution in [0.3, 0.4) is 0 Å². The van der Waals surface area contributed by atoms with Gasteiger partial charge >= 0.3 is 0 Å². The summed E-state index contributed by atoms with van der Waals surface area (Å²) >= 11 is 6.45. The first kappa shape index (κ1) is 9.16. The van der Waals surface area contributed by atoms with Gasteiger partial charge in [0, 0.05) is 0 Å². The van der Waals surface area contributed by atoms with E-state index in [1.165, 1.54) is 11.3 Å². The first-order valence-corrected chi connectivity index (χ1v) is 4.34. The summed E-state index contributed by atoms with van der Waals surface area (Å²) in [6.45, 7) is 7.13. The zero-order chi connectivity index (χ0) is 9.14. The van der Waals surface area contributed by atoms with E-state index in [0.717, 1.165) is 4.88 Å². The van der Waals surface area contributed by atoms with Crippen LogP contribution >= 0.6 is 22.9 Å². The molecular formula is C8H6ClNOS. The Bertz CT molecular complexity index is 317. The van der Waals surface area contributed by atoms with Gasteiger partial charge < -0.3 is 0 Å². The summed E-state index contributed by atoms with van der Waals surface area (Å²) in [5, 5.41) is -0.266. The lowest BCUT2D eigenvalue weighted by molar-refractivity contribution is 0.108. The number of halogens is 1. The number of thiazole rings is 1. The zero-order valence-corrected chi connectivity index (χ0v) is 7.78. The second-order valence-corrected chi connectivity index (χ2v) is 3.32. The van der Waals surface area contributed by atoms with E-state index in [4.69, 9.17) is 11.6 Å². The third-order valence-electron chi connectivity index (χ3n) is 1.23. The smallest absolute Gasteiger partial charge is 0.273 e. The van der Waals surface area contributed by atoms with Crippen LogP contribution in [0.1, 0.15) is 20.4 Å². The number of aromatic nitrogens is 1. The molecule has 0 bridgehead atoms. The fourth-order valence-electron chi connectivity index (χ4n) is 0.720. The molecule has 62 valence electrons. The van der Waals surface area contributed by atoms with Crippen molar-refractivity contribution >= 4 is 40.3 Å². The van der Waals surface area contributed by atoms with E-state index >= 15 is 0 Å². The molecule has 0 aromatic carbocycles. The molecule has 0 spiro atoms. The Morgan fingerprint density at radius 1 is 1.50 bits per heavy atom. The van der Waals surface area contributed by atoms with Crippen LogP contribution in [0.25, 0.3) is 12.2 Å². The summed E-state index contributed by atoms with van der Waals surface area (Å²) < 4.78 is 0. The molecule has 1 aromatic rings. The predicted octanol–water partition coefficient (Wildman–Crippen LogP) is 2.81. The zero-order valence-electron chi connectivity index (χ0n) is 6.21. The standard InChI is InChI=1S/C8H6ClNOS/c1-3-5-6(4-2)12-8(10-5)7(9)11/h3-4H,1-2H2. The molecule has 0 amide bonds. The van der Waals surface area contributed by atoms with Gasteiger partial charge in [0.2, 0.25) is 0 Å². The lowest BCUT2D eigenvalue weighted by atomic mass is 10.3. The fraction of sp³-hybridized carbons (Fsp3) is 0. The molecule has 0 N–H and O–H groups in total. The molecule has 1 aromatic heterocycles. The van der Waals surface area contributed by atoms with Crippen molar-refractivity contribution in [3.63, 3.8) is 0 Å². The summed E-state index contributed by atoms with van der Waals surface area (Å²) in [4.78, 5) is 15.4. The minimum atomic E-state index is -0.545. The van der Waals surface area contributed by atoms with Gasteiger partial charge in [-0.1, -0.05) is 13.2 Å². The normalized spacial score (nSPS) is 9.42. The quantitative estimate of drug-likeness (QED) is 0.701. The summed E-state index contributed by atoms with van der Waals surface area (Å²) in [6.07, 6.45) is 3.19. The molecule has 1 heterocycles. The molecule has 0 saturated carbocycles. The molecule has 0 radical (unpaired) electrons. The first-order chi connectivity index (χ1) is 5.69. The number of hydrogen-bond donors (Lipinski definition) is 0. The Labute approximate surface area is 79.2 Å². The highest BCUT2D eigenvalue weighted by molar-refractivity contribution is 7.16. The van der Waals surface area contributed by atoms with E-state index in [1.807, 2.05) is 0 Å². The van der Waals surface area contributed by atoms with Gasteiger partial charge in [0.05, 0.1) is 10.6 Å². The first-order valence-electron chi connectivity index (χ1n) is 3.14. The lowest BCUT2D eigenvalue weighted by Gasteiger charge is -1.82. The average Bonchev–Trinajstić information content (AvgIpc) is 2.46. The van der Waals surface area contributed by atoms with Gasteiger partial charge in [0.1, 0.15) is 0 Å². The van der Waals surface area contributed by atoms with E-state index in [9.17, 15) is 4.79 Å². The second-order valence-electron chi connectivity index (χ2n) is 1.95. The van der Waals surface area contributed by atoms with Crippen LogP contribution in [-0.4, -0.2) is 10.2 Å². The Hall–Kier alpha value is -0.930. The minimum Gasteiger partial charge on any atom is -0.273 e. The van der Waals surface area contributed by atoms with Gasteiger partial charge in [-0.3, -0.25) is 4.79 Å². The van der Waals surface area contributed by atoms with Crippen LogP contribution in [0.2, 0.25) is 0 Å². The van der Waals surface area contributed by atoms with Crippen LogP contribution in [0.4, 0.5) is 0 Å². The van der Waals surface area contributed by atoms with Gasteiger partial charge in [-0.05, 0) is 23.8 Å². The monoisotopic (exact) mass is 199 g/mol. The third-order valence-corrected chi connectivity index (χ3v) is 2.58. The Kier molecular flexibility index (Phi) is 2.78. The van der Waals surface area contributed by atoms with Crippen LogP contribution in [0.15, 0.2) is 13.2 Å². The summed E-state index contributed by atoms with van der Waals surface area (Å²) in [7, 11) is 0. The Balaban J connectivity index is 3.22. The van der Waals surface area contributed by atoms with Gasteiger partial charge in [0.15, 0.2) is 5.01 Å². The molecule has 12 heavy (non-hydrogen) atoms. The topological polar surface area (TPSA) is 30.0 Å². The molecule has 0 aliphatic heterocycles. The molecule has 4 heteroatoms. The molecule has 0 atom stereocenters. The maximum atomic E-state index is 10.7. The summed E-state index contributed by atoms with van der Waals surface area (Å²) in [5.74, 6) is 0. The van der Waals surface area contributed by atoms with Crippen LogP contribution in [0, 0.1) is 0 Å². The van der Waals surface area contributed by atoms with Crippen molar-refractivity contribution in [3.8, 4) is 0 Å². The summed E-state index contributed by atoms with van der Waals surface area (Å²) in [5.41, 5.74) is 0.652. The fourth-order valence-corrected chi connectivity index (χ4v) is 1.63. The maximum Gasteiger partial charge on any atom is 0.281 e. The van der Waals surface area contributed by atoms with Gasteiger partial charge in [-0.15, -0.1) is 11.3 Å². The van der Waals surface area contributed by atoms with Crippen molar-refractivity contribution in [1.82, 2.24) is 4.98 Å². The van der Waals surface area contributed by atoms with Crippen LogP contribution in [-0.2, 0) is 0 Å². The largest absolute Gasteiger partial charge is 0.281 e. The van der Waals surface area contributed by atoms with Gasteiger partial charge in [-0.25, -0.2) is 4.98 Å². The SMILES string of the molecule is C=Cc1nc(C(=O)Cl)sc1C=C.